The summed E-state index contributed by atoms with van der Waals surface area (Å²) in [6.45, 7) is 6.73. The number of piperazine rings is 1. The second kappa shape index (κ2) is 6.76. The van der Waals surface area contributed by atoms with Gasteiger partial charge >= 0.3 is 0 Å². The van der Waals surface area contributed by atoms with E-state index in [1.165, 1.54) is 5.56 Å². The van der Waals surface area contributed by atoms with Gasteiger partial charge in [0.2, 0.25) is 5.91 Å². The highest BCUT2D eigenvalue weighted by molar-refractivity contribution is 5.85. The second-order valence-corrected chi connectivity index (χ2v) is 4.86. The third-order valence-electron chi connectivity index (χ3n) is 3.20. The standard InChI is InChI=1S/C14H20N2O.ClH/c1-11-3-5-13(6-4-11)9-14(17)16-8-7-15-12(2)10-16;/h3-6,12,15H,7-10H2,1-2H3;1H/t12-;/m1./s1. The minimum absolute atomic E-state index is 0. The van der Waals surface area contributed by atoms with Crippen LogP contribution in [0.2, 0.25) is 0 Å². The van der Waals surface area contributed by atoms with Crippen molar-refractivity contribution in [3.63, 3.8) is 0 Å². The van der Waals surface area contributed by atoms with E-state index in [-0.39, 0.29) is 18.3 Å². The average Bonchev–Trinajstić information content (AvgIpc) is 2.32. The minimum Gasteiger partial charge on any atom is -0.340 e. The Morgan fingerprint density at radius 3 is 2.67 bits per heavy atom. The maximum absolute atomic E-state index is 12.1. The van der Waals surface area contributed by atoms with Gasteiger partial charge in [-0.1, -0.05) is 29.8 Å². The van der Waals surface area contributed by atoms with E-state index in [1.807, 2.05) is 17.0 Å². The molecular formula is C14H21ClN2O. The van der Waals surface area contributed by atoms with E-state index >= 15 is 0 Å². The molecule has 1 saturated heterocycles. The van der Waals surface area contributed by atoms with Crippen molar-refractivity contribution in [2.75, 3.05) is 19.6 Å². The number of halogens is 1. The highest BCUT2D eigenvalue weighted by Crippen LogP contribution is 2.07. The fourth-order valence-corrected chi connectivity index (χ4v) is 2.15. The van der Waals surface area contributed by atoms with Crippen LogP contribution in [0.5, 0.6) is 0 Å². The van der Waals surface area contributed by atoms with Crippen LogP contribution in [-0.2, 0) is 11.2 Å². The van der Waals surface area contributed by atoms with Crippen LogP contribution in [0.1, 0.15) is 18.1 Å². The van der Waals surface area contributed by atoms with Crippen molar-refractivity contribution in [3.05, 3.63) is 35.4 Å². The molecule has 3 nitrogen and oxygen atoms in total. The van der Waals surface area contributed by atoms with Gasteiger partial charge in [0.1, 0.15) is 0 Å². The molecule has 0 aromatic heterocycles. The lowest BCUT2D eigenvalue weighted by molar-refractivity contribution is -0.131. The number of nitrogens with zero attached hydrogens (tertiary/aromatic N) is 1. The summed E-state index contributed by atoms with van der Waals surface area (Å²) in [5.74, 6) is 0.238. The van der Waals surface area contributed by atoms with Crippen molar-refractivity contribution in [2.24, 2.45) is 0 Å². The van der Waals surface area contributed by atoms with Crippen LogP contribution in [-0.4, -0.2) is 36.5 Å². The number of aryl methyl sites for hydroxylation is 1. The van der Waals surface area contributed by atoms with E-state index in [0.717, 1.165) is 25.2 Å². The molecule has 0 aliphatic carbocycles. The predicted octanol–water partition coefficient (Wildman–Crippen LogP) is 1.78. The highest BCUT2D eigenvalue weighted by Gasteiger charge is 2.20. The molecule has 0 radical (unpaired) electrons. The smallest absolute Gasteiger partial charge is 0.227 e. The molecule has 0 unspecified atom stereocenters. The third kappa shape index (κ3) is 4.00. The Morgan fingerprint density at radius 2 is 2.06 bits per heavy atom. The molecule has 1 fully saturated rings. The molecule has 1 amide bonds. The number of carbonyl (C=O) groups is 1. The van der Waals surface area contributed by atoms with Gasteiger partial charge in [-0.05, 0) is 19.4 Å². The van der Waals surface area contributed by atoms with E-state index in [2.05, 4.69) is 31.3 Å². The van der Waals surface area contributed by atoms with E-state index in [1.54, 1.807) is 0 Å². The Morgan fingerprint density at radius 1 is 1.39 bits per heavy atom. The van der Waals surface area contributed by atoms with Crippen LogP contribution in [0.25, 0.3) is 0 Å². The second-order valence-electron chi connectivity index (χ2n) is 4.86. The molecule has 1 aliphatic rings. The summed E-state index contributed by atoms with van der Waals surface area (Å²) < 4.78 is 0. The van der Waals surface area contributed by atoms with Crippen molar-refractivity contribution in [1.82, 2.24) is 10.2 Å². The largest absolute Gasteiger partial charge is 0.340 e. The molecule has 1 N–H and O–H groups in total. The van der Waals surface area contributed by atoms with Gasteiger partial charge < -0.3 is 10.2 Å². The van der Waals surface area contributed by atoms with Gasteiger partial charge in [0.15, 0.2) is 0 Å². The van der Waals surface area contributed by atoms with Crippen LogP contribution in [0.4, 0.5) is 0 Å². The topological polar surface area (TPSA) is 32.3 Å². The fraction of sp³-hybridized carbons (Fsp3) is 0.500. The maximum atomic E-state index is 12.1. The number of amides is 1. The maximum Gasteiger partial charge on any atom is 0.227 e. The molecule has 0 spiro atoms. The molecule has 0 saturated carbocycles. The molecule has 100 valence electrons. The monoisotopic (exact) mass is 268 g/mol. The molecule has 0 bridgehead atoms. The number of hydrogen-bond donors (Lipinski definition) is 1. The molecule has 1 aromatic rings. The summed E-state index contributed by atoms with van der Waals surface area (Å²) in [5.41, 5.74) is 2.34. The van der Waals surface area contributed by atoms with Gasteiger partial charge in [0.05, 0.1) is 6.42 Å². The van der Waals surface area contributed by atoms with Crippen molar-refractivity contribution in [2.45, 2.75) is 26.3 Å². The summed E-state index contributed by atoms with van der Waals surface area (Å²) in [6, 6.07) is 8.61. The van der Waals surface area contributed by atoms with Crippen LogP contribution >= 0.6 is 12.4 Å². The third-order valence-corrected chi connectivity index (χ3v) is 3.20. The predicted molar refractivity (Wildman–Crippen MR) is 76.2 cm³/mol. The first kappa shape index (κ1) is 15.0. The van der Waals surface area contributed by atoms with Crippen LogP contribution in [0.15, 0.2) is 24.3 Å². The Bertz CT molecular complexity index is 391. The zero-order valence-corrected chi connectivity index (χ0v) is 11.8. The van der Waals surface area contributed by atoms with Crippen molar-refractivity contribution in [3.8, 4) is 0 Å². The van der Waals surface area contributed by atoms with Gasteiger partial charge in [0.25, 0.3) is 0 Å². The van der Waals surface area contributed by atoms with Gasteiger partial charge in [0, 0.05) is 25.7 Å². The average molecular weight is 269 g/mol. The number of hydrogen-bond acceptors (Lipinski definition) is 2. The van der Waals surface area contributed by atoms with E-state index in [4.69, 9.17) is 0 Å². The fourth-order valence-electron chi connectivity index (χ4n) is 2.15. The molecule has 1 heterocycles. The first-order valence-electron chi connectivity index (χ1n) is 6.22. The number of rotatable bonds is 2. The summed E-state index contributed by atoms with van der Waals surface area (Å²) in [7, 11) is 0. The SMILES string of the molecule is Cc1ccc(CC(=O)N2CCN[C@H](C)C2)cc1.Cl. The lowest BCUT2D eigenvalue weighted by atomic mass is 10.1. The zero-order chi connectivity index (χ0) is 12.3. The molecular weight excluding hydrogens is 248 g/mol. The Kier molecular flexibility index (Phi) is 5.63. The molecule has 1 atom stereocenters. The van der Waals surface area contributed by atoms with Crippen molar-refractivity contribution >= 4 is 18.3 Å². The van der Waals surface area contributed by atoms with Crippen LogP contribution in [0.3, 0.4) is 0 Å². The number of benzene rings is 1. The summed E-state index contributed by atoms with van der Waals surface area (Å²) in [6.07, 6.45) is 0.521. The van der Waals surface area contributed by atoms with E-state index in [9.17, 15) is 4.79 Å². The lowest BCUT2D eigenvalue weighted by Gasteiger charge is -2.32. The molecule has 1 aliphatic heterocycles. The molecule has 4 heteroatoms. The quantitative estimate of drug-likeness (QED) is 0.887. The number of nitrogens with one attached hydrogen (secondary N) is 1. The first-order valence-corrected chi connectivity index (χ1v) is 6.22. The summed E-state index contributed by atoms with van der Waals surface area (Å²) in [4.78, 5) is 14.1. The Hall–Kier alpha value is -1.06. The van der Waals surface area contributed by atoms with E-state index in [0.29, 0.717) is 12.5 Å². The van der Waals surface area contributed by atoms with E-state index < -0.39 is 0 Å². The Balaban J connectivity index is 0.00000162. The molecule has 2 rings (SSSR count). The van der Waals surface area contributed by atoms with Gasteiger partial charge in [-0.2, -0.15) is 0 Å². The zero-order valence-electron chi connectivity index (χ0n) is 11.0. The first-order chi connectivity index (χ1) is 8.15. The molecule has 18 heavy (non-hydrogen) atoms. The normalized spacial score (nSPS) is 19.2. The lowest BCUT2D eigenvalue weighted by Crippen LogP contribution is -2.51. The van der Waals surface area contributed by atoms with Crippen LogP contribution < -0.4 is 5.32 Å². The van der Waals surface area contributed by atoms with Crippen molar-refractivity contribution in [1.29, 1.82) is 0 Å². The van der Waals surface area contributed by atoms with Gasteiger partial charge in [-0.25, -0.2) is 0 Å². The summed E-state index contributed by atoms with van der Waals surface area (Å²) >= 11 is 0. The number of carbonyl (C=O) groups excluding carboxylic acids is 1. The minimum atomic E-state index is 0. The highest BCUT2D eigenvalue weighted by atomic mass is 35.5. The van der Waals surface area contributed by atoms with Crippen molar-refractivity contribution < 1.29 is 4.79 Å². The molecule has 1 aromatic carbocycles. The van der Waals surface area contributed by atoms with Gasteiger partial charge in [-0.3, -0.25) is 4.79 Å². The van der Waals surface area contributed by atoms with Crippen LogP contribution in [0, 0.1) is 6.92 Å². The van der Waals surface area contributed by atoms with Gasteiger partial charge in [-0.15, -0.1) is 12.4 Å². The Labute approximate surface area is 115 Å². The summed E-state index contributed by atoms with van der Waals surface area (Å²) in [5, 5.41) is 3.34.